The van der Waals surface area contributed by atoms with Gasteiger partial charge in [0.15, 0.2) is 18.3 Å². The lowest BCUT2D eigenvalue weighted by molar-refractivity contribution is -0.118. The SMILES string of the molecule is O=C(COc1ccc2ccccc2c1)Nc1ccc(-c2csc(NC(=O)COc3ccc4ccccc4c3)n2)cc1. The maximum absolute atomic E-state index is 12.4. The van der Waals surface area contributed by atoms with Crippen LogP contribution in [0.5, 0.6) is 11.5 Å². The lowest BCUT2D eigenvalue weighted by atomic mass is 10.1. The number of hydrogen-bond donors (Lipinski definition) is 2. The largest absolute Gasteiger partial charge is 0.484 e. The first-order chi connectivity index (χ1) is 20.1. The van der Waals surface area contributed by atoms with Gasteiger partial charge in [0.2, 0.25) is 0 Å². The number of benzene rings is 5. The minimum Gasteiger partial charge on any atom is -0.484 e. The Labute approximate surface area is 240 Å². The third-order valence-electron chi connectivity index (χ3n) is 6.40. The molecule has 0 spiro atoms. The highest BCUT2D eigenvalue weighted by molar-refractivity contribution is 7.14. The summed E-state index contributed by atoms with van der Waals surface area (Å²) in [5.41, 5.74) is 2.23. The van der Waals surface area contributed by atoms with E-state index in [0.717, 1.165) is 32.8 Å². The molecule has 8 heteroatoms. The fraction of sp³-hybridized carbons (Fsp3) is 0.0606. The van der Waals surface area contributed by atoms with E-state index in [9.17, 15) is 9.59 Å². The molecular formula is C33H25N3O4S. The second kappa shape index (κ2) is 11.9. The number of carbonyl (C=O) groups excluding carboxylic acids is 2. The highest BCUT2D eigenvalue weighted by atomic mass is 32.1. The van der Waals surface area contributed by atoms with Gasteiger partial charge in [0.05, 0.1) is 5.69 Å². The molecule has 0 radical (unpaired) electrons. The van der Waals surface area contributed by atoms with Crippen molar-refractivity contribution in [3.8, 4) is 22.8 Å². The zero-order valence-corrected chi connectivity index (χ0v) is 22.7. The molecule has 0 fully saturated rings. The summed E-state index contributed by atoms with van der Waals surface area (Å²) in [6, 6.07) is 34.8. The predicted molar refractivity (Wildman–Crippen MR) is 164 cm³/mol. The highest BCUT2D eigenvalue weighted by Crippen LogP contribution is 2.27. The number of ether oxygens (including phenoxy) is 2. The quantitative estimate of drug-likeness (QED) is 0.196. The van der Waals surface area contributed by atoms with Gasteiger partial charge >= 0.3 is 0 Å². The molecule has 5 aromatic carbocycles. The van der Waals surface area contributed by atoms with Crippen molar-refractivity contribution in [2.75, 3.05) is 23.8 Å². The Morgan fingerprint density at radius 3 is 1.76 bits per heavy atom. The van der Waals surface area contributed by atoms with E-state index in [4.69, 9.17) is 9.47 Å². The number of nitrogens with zero attached hydrogens (tertiary/aromatic N) is 1. The number of nitrogens with one attached hydrogen (secondary N) is 2. The first-order valence-corrected chi connectivity index (χ1v) is 13.9. The number of thiazole rings is 1. The topological polar surface area (TPSA) is 89.6 Å². The maximum atomic E-state index is 12.4. The van der Waals surface area contributed by atoms with Crippen LogP contribution >= 0.6 is 11.3 Å². The Kier molecular flexibility index (Phi) is 7.55. The molecule has 0 aliphatic heterocycles. The van der Waals surface area contributed by atoms with E-state index in [1.165, 1.54) is 11.3 Å². The Bertz CT molecular complexity index is 1850. The van der Waals surface area contributed by atoms with Crippen LogP contribution < -0.4 is 20.1 Å². The normalized spacial score (nSPS) is 10.8. The van der Waals surface area contributed by atoms with Crippen molar-refractivity contribution in [1.82, 2.24) is 4.98 Å². The molecular weight excluding hydrogens is 534 g/mol. The summed E-state index contributed by atoms with van der Waals surface area (Å²) < 4.78 is 11.3. The van der Waals surface area contributed by atoms with Crippen LogP contribution in [0.4, 0.5) is 10.8 Å². The molecule has 0 saturated heterocycles. The first-order valence-electron chi connectivity index (χ1n) is 13.0. The van der Waals surface area contributed by atoms with Gasteiger partial charge in [0, 0.05) is 16.6 Å². The first kappa shape index (κ1) is 26.0. The molecule has 0 aliphatic rings. The van der Waals surface area contributed by atoms with Crippen molar-refractivity contribution in [3.63, 3.8) is 0 Å². The Morgan fingerprint density at radius 1 is 0.634 bits per heavy atom. The third kappa shape index (κ3) is 6.51. The van der Waals surface area contributed by atoms with Crippen molar-refractivity contribution >= 4 is 55.5 Å². The van der Waals surface area contributed by atoms with Crippen molar-refractivity contribution < 1.29 is 19.1 Å². The second-order valence-electron chi connectivity index (χ2n) is 9.31. The van der Waals surface area contributed by atoms with Crippen LogP contribution in [0.15, 0.2) is 115 Å². The molecule has 7 nitrogen and oxygen atoms in total. The molecule has 0 bridgehead atoms. The molecule has 0 atom stereocenters. The predicted octanol–water partition coefficient (Wildman–Crippen LogP) is 7.15. The minimum absolute atomic E-state index is 0.0974. The van der Waals surface area contributed by atoms with Crippen LogP contribution in [0.1, 0.15) is 0 Å². The highest BCUT2D eigenvalue weighted by Gasteiger charge is 2.10. The van der Waals surface area contributed by atoms with Gasteiger partial charge < -0.3 is 14.8 Å². The number of anilines is 2. The maximum Gasteiger partial charge on any atom is 0.264 e. The summed E-state index contributed by atoms with van der Waals surface area (Å²) >= 11 is 1.33. The monoisotopic (exact) mass is 559 g/mol. The number of carbonyl (C=O) groups is 2. The average Bonchev–Trinajstić information content (AvgIpc) is 3.47. The number of fused-ring (bicyclic) bond motifs is 2. The van der Waals surface area contributed by atoms with Gasteiger partial charge in [0.1, 0.15) is 11.5 Å². The summed E-state index contributed by atoms with van der Waals surface area (Å²) in [4.78, 5) is 29.4. The summed E-state index contributed by atoms with van der Waals surface area (Å²) in [6.07, 6.45) is 0. The van der Waals surface area contributed by atoms with E-state index in [2.05, 4.69) is 15.6 Å². The molecule has 2 amide bonds. The molecule has 0 unspecified atom stereocenters. The zero-order chi connectivity index (χ0) is 28.0. The van der Waals surface area contributed by atoms with Crippen LogP contribution in [-0.2, 0) is 9.59 Å². The lowest BCUT2D eigenvalue weighted by Gasteiger charge is -2.09. The molecule has 202 valence electrons. The standard InChI is InChI=1S/C33H25N3O4S/c37-31(19-39-28-15-11-22-5-1-3-7-25(22)17-28)34-27-13-9-24(10-14-27)30-21-41-33(35-30)36-32(38)20-40-29-16-12-23-6-2-4-8-26(23)18-29/h1-18,21H,19-20H2,(H,34,37)(H,35,36,38). The van der Waals surface area contributed by atoms with Crippen LogP contribution in [0.3, 0.4) is 0 Å². The third-order valence-corrected chi connectivity index (χ3v) is 7.15. The summed E-state index contributed by atoms with van der Waals surface area (Å²) in [7, 11) is 0. The van der Waals surface area contributed by atoms with Crippen molar-refractivity contribution in [1.29, 1.82) is 0 Å². The smallest absolute Gasteiger partial charge is 0.264 e. The molecule has 1 aromatic heterocycles. The molecule has 1 heterocycles. The molecule has 0 saturated carbocycles. The van der Waals surface area contributed by atoms with Crippen LogP contribution in [0.2, 0.25) is 0 Å². The summed E-state index contributed by atoms with van der Waals surface area (Å²) in [5, 5.41) is 12.3. The van der Waals surface area contributed by atoms with Gasteiger partial charge in [-0.25, -0.2) is 4.98 Å². The fourth-order valence-corrected chi connectivity index (χ4v) is 5.09. The van der Waals surface area contributed by atoms with Gasteiger partial charge in [-0.05, 0) is 57.9 Å². The van der Waals surface area contributed by atoms with Crippen molar-refractivity contribution in [2.24, 2.45) is 0 Å². The van der Waals surface area contributed by atoms with Gasteiger partial charge in [-0.1, -0.05) is 72.8 Å². The molecule has 41 heavy (non-hydrogen) atoms. The summed E-state index contributed by atoms with van der Waals surface area (Å²) in [6.45, 7) is -0.216. The Hall–Kier alpha value is -5.21. The average molecular weight is 560 g/mol. The van der Waals surface area contributed by atoms with E-state index in [-0.39, 0.29) is 25.0 Å². The number of amides is 2. The van der Waals surface area contributed by atoms with E-state index in [1.54, 1.807) is 12.1 Å². The van der Waals surface area contributed by atoms with Crippen LogP contribution in [0.25, 0.3) is 32.8 Å². The van der Waals surface area contributed by atoms with Gasteiger partial charge in [-0.2, -0.15) is 0 Å². The van der Waals surface area contributed by atoms with Crippen LogP contribution in [0, 0.1) is 0 Å². The van der Waals surface area contributed by atoms with Gasteiger partial charge in [-0.15, -0.1) is 11.3 Å². The summed E-state index contributed by atoms with van der Waals surface area (Å²) in [5.74, 6) is 0.727. The van der Waals surface area contributed by atoms with E-state index < -0.39 is 0 Å². The zero-order valence-electron chi connectivity index (χ0n) is 21.9. The molecule has 2 N–H and O–H groups in total. The Balaban J connectivity index is 0.987. The number of aromatic nitrogens is 1. The van der Waals surface area contributed by atoms with Gasteiger partial charge in [0.25, 0.3) is 11.8 Å². The molecule has 6 rings (SSSR count). The van der Waals surface area contributed by atoms with Crippen molar-refractivity contribution in [2.45, 2.75) is 0 Å². The van der Waals surface area contributed by atoms with Crippen LogP contribution in [-0.4, -0.2) is 30.0 Å². The van der Waals surface area contributed by atoms with Crippen molar-refractivity contribution in [3.05, 3.63) is 115 Å². The van der Waals surface area contributed by atoms with Gasteiger partial charge in [-0.3, -0.25) is 14.9 Å². The van der Waals surface area contributed by atoms with E-state index in [0.29, 0.717) is 22.3 Å². The Morgan fingerprint density at radius 2 is 1.17 bits per heavy atom. The minimum atomic E-state index is -0.289. The second-order valence-corrected chi connectivity index (χ2v) is 10.2. The number of hydrogen-bond acceptors (Lipinski definition) is 6. The molecule has 0 aliphatic carbocycles. The fourth-order valence-electron chi connectivity index (χ4n) is 4.35. The lowest BCUT2D eigenvalue weighted by Crippen LogP contribution is -2.20. The molecule has 6 aromatic rings. The van der Waals surface area contributed by atoms with E-state index in [1.807, 2.05) is 102 Å². The van der Waals surface area contributed by atoms with E-state index >= 15 is 0 Å². The number of rotatable bonds is 9.